The van der Waals surface area contributed by atoms with Gasteiger partial charge in [-0.3, -0.25) is 9.59 Å². The second-order valence-electron chi connectivity index (χ2n) is 7.55. The number of para-hydroxylation sites is 1. The van der Waals surface area contributed by atoms with E-state index in [1.54, 1.807) is 30.9 Å². The number of anilines is 1. The minimum absolute atomic E-state index is 0.131. The Morgan fingerprint density at radius 3 is 2.18 bits per heavy atom. The Bertz CT molecular complexity index is 813. The van der Waals surface area contributed by atoms with Gasteiger partial charge in [0.15, 0.2) is 0 Å². The highest BCUT2D eigenvalue weighted by atomic mass is 35.5. The molecule has 0 aliphatic carbocycles. The molecule has 1 heterocycles. The highest BCUT2D eigenvalue weighted by Gasteiger charge is 2.39. The molecule has 0 radical (unpaired) electrons. The van der Waals surface area contributed by atoms with Gasteiger partial charge in [-0.1, -0.05) is 41.9 Å². The van der Waals surface area contributed by atoms with Crippen LogP contribution in [-0.4, -0.2) is 42.9 Å². The molecular weight excluding hydrogens is 374 g/mol. The average Bonchev–Trinajstić information content (AvgIpc) is 2.73. The van der Waals surface area contributed by atoms with Gasteiger partial charge in [-0.15, -0.1) is 0 Å². The third kappa shape index (κ3) is 4.65. The standard InChI is InChI=1S/C22H26ClN3O2/c1-22(2,20(27)24-16-17-8-10-18(23)11-9-17)21(28)26-14-12-25(13-15-26)19-6-4-3-5-7-19/h3-11H,12-16H2,1-2H3,(H,24,27). The van der Waals surface area contributed by atoms with Crippen molar-refractivity contribution >= 4 is 29.1 Å². The molecule has 2 aromatic rings. The van der Waals surface area contributed by atoms with Crippen LogP contribution in [0, 0.1) is 5.41 Å². The molecule has 1 aliphatic rings. The summed E-state index contributed by atoms with van der Waals surface area (Å²) in [4.78, 5) is 29.7. The molecule has 0 unspecified atom stereocenters. The quantitative estimate of drug-likeness (QED) is 0.784. The number of halogens is 1. The summed E-state index contributed by atoms with van der Waals surface area (Å²) in [6.07, 6.45) is 0. The Labute approximate surface area is 171 Å². The maximum Gasteiger partial charge on any atom is 0.237 e. The minimum Gasteiger partial charge on any atom is -0.368 e. The predicted octanol–water partition coefficient (Wildman–Crippen LogP) is 3.33. The summed E-state index contributed by atoms with van der Waals surface area (Å²) in [6.45, 7) is 6.50. The lowest BCUT2D eigenvalue weighted by Crippen LogP contribution is -2.55. The Morgan fingerprint density at radius 2 is 1.57 bits per heavy atom. The smallest absolute Gasteiger partial charge is 0.237 e. The number of carbonyl (C=O) groups is 2. The van der Waals surface area contributed by atoms with Crippen LogP contribution in [0.3, 0.4) is 0 Å². The predicted molar refractivity (Wildman–Crippen MR) is 112 cm³/mol. The maximum absolute atomic E-state index is 13.0. The maximum atomic E-state index is 13.0. The van der Waals surface area contributed by atoms with Gasteiger partial charge in [0.1, 0.15) is 5.41 Å². The van der Waals surface area contributed by atoms with Crippen LogP contribution in [0.5, 0.6) is 0 Å². The monoisotopic (exact) mass is 399 g/mol. The molecule has 3 rings (SSSR count). The van der Waals surface area contributed by atoms with Gasteiger partial charge in [-0.25, -0.2) is 0 Å². The van der Waals surface area contributed by atoms with E-state index in [0.29, 0.717) is 24.7 Å². The number of piperazine rings is 1. The van der Waals surface area contributed by atoms with Gasteiger partial charge >= 0.3 is 0 Å². The van der Waals surface area contributed by atoms with Crippen LogP contribution in [0.2, 0.25) is 5.02 Å². The number of benzene rings is 2. The minimum atomic E-state index is -1.11. The van der Waals surface area contributed by atoms with Crippen molar-refractivity contribution in [3.05, 3.63) is 65.2 Å². The fourth-order valence-electron chi connectivity index (χ4n) is 3.30. The number of hydrogen-bond acceptors (Lipinski definition) is 3. The number of carbonyl (C=O) groups excluding carboxylic acids is 2. The van der Waals surface area contributed by atoms with E-state index in [4.69, 9.17) is 11.6 Å². The summed E-state index contributed by atoms with van der Waals surface area (Å²) in [6, 6.07) is 17.5. The largest absolute Gasteiger partial charge is 0.368 e. The van der Waals surface area contributed by atoms with Crippen molar-refractivity contribution in [2.75, 3.05) is 31.1 Å². The molecular formula is C22H26ClN3O2. The van der Waals surface area contributed by atoms with E-state index in [0.717, 1.165) is 24.3 Å². The Hall–Kier alpha value is -2.53. The molecule has 2 amide bonds. The highest BCUT2D eigenvalue weighted by Crippen LogP contribution is 2.22. The van der Waals surface area contributed by atoms with E-state index < -0.39 is 5.41 Å². The SMILES string of the molecule is CC(C)(C(=O)NCc1ccc(Cl)cc1)C(=O)N1CCN(c2ccccc2)CC1. The van der Waals surface area contributed by atoms with E-state index in [-0.39, 0.29) is 11.8 Å². The van der Waals surface area contributed by atoms with Crippen molar-refractivity contribution < 1.29 is 9.59 Å². The molecule has 0 aromatic heterocycles. The van der Waals surface area contributed by atoms with E-state index in [2.05, 4.69) is 22.3 Å². The molecule has 0 atom stereocenters. The van der Waals surface area contributed by atoms with Gasteiger partial charge in [-0.05, 0) is 43.7 Å². The number of amides is 2. The molecule has 1 fully saturated rings. The Balaban J connectivity index is 1.55. The summed E-state index contributed by atoms with van der Waals surface area (Å²) in [7, 11) is 0. The van der Waals surface area contributed by atoms with Gasteiger partial charge in [-0.2, -0.15) is 0 Å². The second-order valence-corrected chi connectivity index (χ2v) is 7.99. The van der Waals surface area contributed by atoms with E-state index in [1.165, 1.54) is 0 Å². The van der Waals surface area contributed by atoms with E-state index >= 15 is 0 Å². The summed E-state index contributed by atoms with van der Waals surface area (Å²) in [5.41, 5.74) is 0.994. The van der Waals surface area contributed by atoms with Crippen molar-refractivity contribution in [1.29, 1.82) is 0 Å². The molecule has 148 valence electrons. The lowest BCUT2D eigenvalue weighted by atomic mass is 9.89. The molecule has 1 saturated heterocycles. The van der Waals surface area contributed by atoms with Crippen LogP contribution in [-0.2, 0) is 16.1 Å². The van der Waals surface area contributed by atoms with Gasteiger partial charge in [0.2, 0.25) is 11.8 Å². The fourth-order valence-corrected chi connectivity index (χ4v) is 3.43. The van der Waals surface area contributed by atoms with Crippen molar-refractivity contribution in [2.45, 2.75) is 20.4 Å². The first kappa shape index (κ1) is 20.2. The zero-order chi connectivity index (χ0) is 20.1. The Kier molecular flexibility index (Phi) is 6.25. The lowest BCUT2D eigenvalue weighted by Gasteiger charge is -2.39. The lowest BCUT2D eigenvalue weighted by molar-refractivity contribution is -0.148. The fraction of sp³-hybridized carbons (Fsp3) is 0.364. The van der Waals surface area contributed by atoms with E-state index in [1.807, 2.05) is 30.3 Å². The first-order chi connectivity index (χ1) is 13.4. The highest BCUT2D eigenvalue weighted by molar-refractivity contribution is 6.30. The average molecular weight is 400 g/mol. The van der Waals surface area contributed by atoms with Crippen molar-refractivity contribution in [1.82, 2.24) is 10.2 Å². The van der Waals surface area contributed by atoms with Crippen molar-refractivity contribution in [3.63, 3.8) is 0 Å². The van der Waals surface area contributed by atoms with Crippen LogP contribution in [0.4, 0.5) is 5.69 Å². The Morgan fingerprint density at radius 1 is 0.964 bits per heavy atom. The number of rotatable bonds is 5. The van der Waals surface area contributed by atoms with Crippen molar-refractivity contribution in [3.8, 4) is 0 Å². The molecule has 2 aromatic carbocycles. The van der Waals surface area contributed by atoms with Crippen LogP contribution >= 0.6 is 11.6 Å². The van der Waals surface area contributed by atoms with Gasteiger partial charge in [0.05, 0.1) is 0 Å². The molecule has 5 nitrogen and oxygen atoms in total. The molecule has 6 heteroatoms. The summed E-state index contributed by atoms with van der Waals surface area (Å²) >= 11 is 5.88. The van der Waals surface area contributed by atoms with Crippen molar-refractivity contribution in [2.24, 2.45) is 5.41 Å². The van der Waals surface area contributed by atoms with Crippen LogP contribution in [0.15, 0.2) is 54.6 Å². The summed E-state index contributed by atoms with van der Waals surface area (Å²) < 4.78 is 0. The van der Waals surface area contributed by atoms with Crippen LogP contribution < -0.4 is 10.2 Å². The topological polar surface area (TPSA) is 52.7 Å². The first-order valence-electron chi connectivity index (χ1n) is 9.50. The van der Waals surface area contributed by atoms with Gasteiger partial charge in [0.25, 0.3) is 0 Å². The zero-order valence-corrected chi connectivity index (χ0v) is 17.1. The normalized spacial score (nSPS) is 14.7. The number of nitrogens with one attached hydrogen (secondary N) is 1. The molecule has 0 saturated carbocycles. The molecule has 28 heavy (non-hydrogen) atoms. The van der Waals surface area contributed by atoms with E-state index in [9.17, 15) is 9.59 Å². The zero-order valence-electron chi connectivity index (χ0n) is 16.3. The third-order valence-corrected chi connectivity index (χ3v) is 5.41. The molecule has 1 N–H and O–H groups in total. The number of nitrogens with zero attached hydrogens (tertiary/aromatic N) is 2. The third-order valence-electron chi connectivity index (χ3n) is 5.16. The summed E-state index contributed by atoms with van der Waals surface area (Å²) in [5.74, 6) is -0.397. The number of hydrogen-bond donors (Lipinski definition) is 1. The summed E-state index contributed by atoms with van der Waals surface area (Å²) in [5, 5.41) is 3.53. The molecule has 1 aliphatic heterocycles. The van der Waals surface area contributed by atoms with Crippen LogP contribution in [0.1, 0.15) is 19.4 Å². The van der Waals surface area contributed by atoms with Gasteiger partial charge < -0.3 is 15.1 Å². The molecule has 0 bridgehead atoms. The second kappa shape index (κ2) is 8.65. The molecule has 0 spiro atoms. The first-order valence-corrected chi connectivity index (χ1v) is 9.88. The van der Waals surface area contributed by atoms with Crippen LogP contribution in [0.25, 0.3) is 0 Å². The van der Waals surface area contributed by atoms with Gasteiger partial charge in [0, 0.05) is 43.4 Å².